The second-order valence-corrected chi connectivity index (χ2v) is 9.19. The van der Waals surface area contributed by atoms with Crippen molar-refractivity contribution in [1.82, 2.24) is 20.4 Å². The number of halogens is 1. The van der Waals surface area contributed by atoms with Gasteiger partial charge in [0.1, 0.15) is 11.5 Å². The molecule has 0 aromatic heterocycles. The second kappa shape index (κ2) is 12.3. The van der Waals surface area contributed by atoms with Crippen LogP contribution in [0.15, 0.2) is 23.2 Å². The molecule has 0 radical (unpaired) electrons. The molecule has 4 rings (SSSR count). The van der Waals surface area contributed by atoms with Gasteiger partial charge in [0.2, 0.25) is 0 Å². The summed E-state index contributed by atoms with van der Waals surface area (Å²) in [5.74, 6) is 3.37. The predicted octanol–water partition coefficient (Wildman–Crippen LogP) is 2.94. The third-order valence-electron chi connectivity index (χ3n) is 6.66. The second-order valence-electron chi connectivity index (χ2n) is 9.19. The van der Waals surface area contributed by atoms with Crippen LogP contribution < -0.4 is 20.1 Å². The van der Waals surface area contributed by atoms with Crippen LogP contribution in [0.5, 0.6) is 11.5 Å². The molecule has 1 saturated carbocycles. The maximum atomic E-state index is 5.42. The number of nitrogens with one attached hydrogen (secondary N) is 2. The number of ether oxygens (including phenoxy) is 2. The van der Waals surface area contributed by atoms with Crippen molar-refractivity contribution in [3.05, 3.63) is 23.8 Å². The van der Waals surface area contributed by atoms with Crippen molar-refractivity contribution in [2.45, 2.75) is 51.2 Å². The number of benzene rings is 1. The molecule has 2 N–H and O–H groups in total. The third kappa shape index (κ3) is 7.12. The number of hydrogen-bond donors (Lipinski definition) is 2. The van der Waals surface area contributed by atoms with E-state index in [0.717, 1.165) is 62.6 Å². The van der Waals surface area contributed by atoms with E-state index in [1.165, 1.54) is 37.9 Å². The van der Waals surface area contributed by atoms with E-state index in [0.29, 0.717) is 12.0 Å². The van der Waals surface area contributed by atoms with Gasteiger partial charge in [-0.1, -0.05) is 0 Å². The summed E-state index contributed by atoms with van der Waals surface area (Å²) in [5.41, 5.74) is 1.22. The lowest BCUT2D eigenvalue weighted by molar-refractivity contribution is 0.315. The number of aliphatic imine (C=N–C) groups is 1. The Bertz CT molecular complexity index is 736. The normalized spacial score (nSPS) is 24.3. The van der Waals surface area contributed by atoms with Gasteiger partial charge in [0, 0.05) is 57.4 Å². The fraction of sp³-hybridized carbons (Fsp3) is 0.708. The Hall–Kier alpha value is -1.26. The Morgan fingerprint density at radius 3 is 2.44 bits per heavy atom. The molecular weight excluding hydrogens is 517 g/mol. The standard InChI is InChI=1S/C24H39N5O2.HI/c1-4-25-24(26-14-18-7-10-29(16-18)21-5-6-21)27-20-8-9-28(17-20)15-19-11-22(30-2)13-23(12-19)31-3;/h11-13,18,20-21H,4-10,14-17H2,1-3H3,(H2,25,26,27);1H. The predicted molar refractivity (Wildman–Crippen MR) is 140 cm³/mol. The van der Waals surface area contributed by atoms with E-state index in [9.17, 15) is 0 Å². The molecule has 0 amide bonds. The Labute approximate surface area is 210 Å². The summed E-state index contributed by atoms with van der Waals surface area (Å²) in [6, 6.07) is 7.43. The lowest BCUT2D eigenvalue weighted by Crippen LogP contribution is -2.44. The van der Waals surface area contributed by atoms with E-state index >= 15 is 0 Å². The van der Waals surface area contributed by atoms with Gasteiger partial charge in [-0.25, -0.2) is 0 Å². The van der Waals surface area contributed by atoms with Crippen LogP contribution >= 0.6 is 24.0 Å². The van der Waals surface area contributed by atoms with Crippen LogP contribution in [0.3, 0.4) is 0 Å². The van der Waals surface area contributed by atoms with Gasteiger partial charge >= 0.3 is 0 Å². The summed E-state index contributed by atoms with van der Waals surface area (Å²) >= 11 is 0. The van der Waals surface area contributed by atoms with E-state index in [1.807, 2.05) is 6.07 Å². The van der Waals surface area contributed by atoms with Crippen molar-refractivity contribution >= 4 is 29.9 Å². The van der Waals surface area contributed by atoms with Gasteiger partial charge < -0.3 is 25.0 Å². The van der Waals surface area contributed by atoms with Gasteiger partial charge in [0.05, 0.1) is 14.2 Å². The molecule has 1 aromatic carbocycles. The largest absolute Gasteiger partial charge is 0.497 e. The zero-order chi connectivity index (χ0) is 21.6. The Balaban J connectivity index is 0.00000289. The average molecular weight is 558 g/mol. The fourth-order valence-electron chi connectivity index (χ4n) is 4.83. The molecule has 2 aliphatic heterocycles. The fourth-order valence-corrected chi connectivity index (χ4v) is 4.83. The van der Waals surface area contributed by atoms with Gasteiger partial charge in [-0.2, -0.15) is 0 Å². The molecule has 2 saturated heterocycles. The maximum absolute atomic E-state index is 5.42. The van der Waals surface area contributed by atoms with Crippen LogP contribution in [0.2, 0.25) is 0 Å². The zero-order valence-electron chi connectivity index (χ0n) is 19.8. The third-order valence-corrected chi connectivity index (χ3v) is 6.66. The highest BCUT2D eigenvalue weighted by atomic mass is 127. The minimum atomic E-state index is 0. The van der Waals surface area contributed by atoms with E-state index in [1.54, 1.807) is 14.2 Å². The van der Waals surface area contributed by atoms with Crippen LogP contribution in [0.4, 0.5) is 0 Å². The smallest absolute Gasteiger partial charge is 0.191 e. The molecule has 2 unspecified atom stereocenters. The first-order valence-electron chi connectivity index (χ1n) is 11.9. The van der Waals surface area contributed by atoms with Crippen molar-refractivity contribution in [2.24, 2.45) is 10.9 Å². The summed E-state index contributed by atoms with van der Waals surface area (Å²) in [6.07, 6.45) is 5.23. The van der Waals surface area contributed by atoms with E-state index in [2.05, 4.69) is 39.5 Å². The first-order valence-corrected chi connectivity index (χ1v) is 11.9. The van der Waals surface area contributed by atoms with Gasteiger partial charge in [-0.3, -0.25) is 9.89 Å². The first kappa shape index (κ1) is 25.4. The highest BCUT2D eigenvalue weighted by molar-refractivity contribution is 14.0. The lowest BCUT2D eigenvalue weighted by atomic mass is 10.1. The summed E-state index contributed by atoms with van der Waals surface area (Å²) in [6.45, 7) is 9.45. The Kier molecular flexibility index (Phi) is 9.73. The van der Waals surface area contributed by atoms with Crippen molar-refractivity contribution in [1.29, 1.82) is 0 Å². The number of likely N-dealkylation sites (tertiary alicyclic amines) is 2. The molecule has 2 atom stereocenters. The van der Waals surface area contributed by atoms with E-state index in [4.69, 9.17) is 14.5 Å². The van der Waals surface area contributed by atoms with Crippen molar-refractivity contribution in [2.75, 3.05) is 53.5 Å². The quantitative estimate of drug-likeness (QED) is 0.277. The van der Waals surface area contributed by atoms with Crippen molar-refractivity contribution < 1.29 is 9.47 Å². The van der Waals surface area contributed by atoms with Crippen LogP contribution in [0.1, 0.15) is 38.2 Å². The summed E-state index contributed by atoms with van der Waals surface area (Å²) in [4.78, 5) is 10.1. The maximum Gasteiger partial charge on any atom is 0.191 e. The average Bonchev–Trinajstić information content (AvgIpc) is 3.37. The molecule has 32 heavy (non-hydrogen) atoms. The number of methoxy groups -OCH3 is 2. The highest BCUT2D eigenvalue weighted by Gasteiger charge is 2.34. The van der Waals surface area contributed by atoms with Crippen LogP contribution in [-0.2, 0) is 6.54 Å². The molecule has 3 aliphatic rings. The molecular formula is C24H40IN5O2. The first-order chi connectivity index (χ1) is 15.2. The summed E-state index contributed by atoms with van der Waals surface area (Å²) in [7, 11) is 3.40. The number of rotatable bonds is 9. The van der Waals surface area contributed by atoms with Gasteiger partial charge in [0.25, 0.3) is 0 Å². The van der Waals surface area contributed by atoms with Gasteiger partial charge in [-0.15, -0.1) is 24.0 Å². The minimum Gasteiger partial charge on any atom is -0.497 e. The molecule has 0 spiro atoms. The van der Waals surface area contributed by atoms with E-state index in [-0.39, 0.29) is 24.0 Å². The highest BCUT2D eigenvalue weighted by Crippen LogP contribution is 2.31. The van der Waals surface area contributed by atoms with Crippen LogP contribution in [-0.4, -0.2) is 81.3 Å². The molecule has 1 aliphatic carbocycles. The van der Waals surface area contributed by atoms with Crippen LogP contribution in [0.25, 0.3) is 0 Å². The Morgan fingerprint density at radius 2 is 1.78 bits per heavy atom. The van der Waals surface area contributed by atoms with E-state index < -0.39 is 0 Å². The van der Waals surface area contributed by atoms with Gasteiger partial charge in [-0.05, 0) is 62.8 Å². The number of nitrogens with zero attached hydrogens (tertiary/aromatic N) is 3. The summed E-state index contributed by atoms with van der Waals surface area (Å²) in [5, 5.41) is 7.13. The molecule has 7 nitrogen and oxygen atoms in total. The lowest BCUT2D eigenvalue weighted by Gasteiger charge is -2.20. The number of guanidine groups is 1. The van der Waals surface area contributed by atoms with Crippen LogP contribution in [0, 0.1) is 5.92 Å². The molecule has 3 fully saturated rings. The number of hydrogen-bond acceptors (Lipinski definition) is 5. The SMILES string of the molecule is CCNC(=NCC1CCN(C2CC2)C1)NC1CCN(Cc2cc(OC)cc(OC)c2)C1.I. The minimum absolute atomic E-state index is 0. The summed E-state index contributed by atoms with van der Waals surface area (Å²) < 4.78 is 10.8. The van der Waals surface area contributed by atoms with Crippen molar-refractivity contribution in [3.8, 4) is 11.5 Å². The Morgan fingerprint density at radius 1 is 1.03 bits per heavy atom. The molecule has 1 aromatic rings. The molecule has 180 valence electrons. The molecule has 8 heteroatoms. The van der Waals surface area contributed by atoms with Gasteiger partial charge in [0.15, 0.2) is 5.96 Å². The van der Waals surface area contributed by atoms with Crippen molar-refractivity contribution in [3.63, 3.8) is 0 Å². The monoisotopic (exact) mass is 557 g/mol. The zero-order valence-corrected chi connectivity index (χ0v) is 22.1. The molecule has 2 heterocycles. The topological polar surface area (TPSA) is 61.4 Å². The molecule has 0 bridgehead atoms.